The minimum absolute atomic E-state index is 0.156. The maximum atomic E-state index is 12.6. The molecular weight excluding hydrogens is 396 g/mol. The van der Waals surface area contributed by atoms with Crippen molar-refractivity contribution < 1.29 is 9.53 Å². The fraction of sp³-hybridized carbons (Fsp3) is 0.400. The van der Waals surface area contributed by atoms with Gasteiger partial charge in [0.05, 0.1) is 6.61 Å². The zero-order valence-electron chi connectivity index (χ0n) is 15.2. The van der Waals surface area contributed by atoms with E-state index in [1.807, 2.05) is 32.0 Å². The first-order valence-electron chi connectivity index (χ1n) is 8.71. The van der Waals surface area contributed by atoms with E-state index in [1.165, 1.54) is 0 Å². The zero-order valence-corrected chi connectivity index (χ0v) is 16.8. The summed E-state index contributed by atoms with van der Waals surface area (Å²) in [6.07, 6.45) is 0.881. The van der Waals surface area contributed by atoms with Gasteiger partial charge >= 0.3 is 0 Å². The average molecular weight is 419 g/mol. The number of aromatic amines is 1. The molecule has 1 aliphatic rings. The SMILES string of the molecule is Cc1cc(C)c(CNC(=O)c2cc(Br)c3c(c2)CC(C)COC3)c(=O)[nH]1. The molecule has 1 aromatic carbocycles. The summed E-state index contributed by atoms with van der Waals surface area (Å²) in [4.78, 5) is 27.5. The Kier molecular flexibility index (Phi) is 5.63. The Bertz CT molecular complexity index is 905. The van der Waals surface area contributed by atoms with Gasteiger partial charge < -0.3 is 15.0 Å². The van der Waals surface area contributed by atoms with E-state index < -0.39 is 0 Å². The summed E-state index contributed by atoms with van der Waals surface area (Å²) in [5.41, 5.74) is 4.95. The van der Waals surface area contributed by atoms with Gasteiger partial charge in [0.15, 0.2) is 0 Å². The number of H-pyrrole nitrogens is 1. The standard InChI is InChI=1S/C20H23BrN2O3/c1-11-4-14-6-15(7-18(21)17(14)10-26-9-11)19(24)22-8-16-12(2)5-13(3)23-20(16)25/h5-7,11H,4,8-10H2,1-3H3,(H,22,24)(H,23,25). The second-order valence-corrected chi connectivity index (χ2v) is 7.90. The highest BCUT2D eigenvalue weighted by Crippen LogP contribution is 2.28. The lowest BCUT2D eigenvalue weighted by Crippen LogP contribution is -2.28. The smallest absolute Gasteiger partial charge is 0.253 e. The minimum Gasteiger partial charge on any atom is -0.376 e. The number of halogens is 1. The second kappa shape index (κ2) is 7.76. The van der Waals surface area contributed by atoms with E-state index in [9.17, 15) is 9.59 Å². The Morgan fingerprint density at radius 3 is 2.85 bits per heavy atom. The van der Waals surface area contributed by atoms with Crippen LogP contribution >= 0.6 is 15.9 Å². The maximum absolute atomic E-state index is 12.6. The summed E-state index contributed by atoms with van der Waals surface area (Å²) >= 11 is 3.57. The van der Waals surface area contributed by atoms with Gasteiger partial charge in [-0.15, -0.1) is 0 Å². The minimum atomic E-state index is -0.189. The number of hydrogen-bond acceptors (Lipinski definition) is 3. The van der Waals surface area contributed by atoms with Crippen molar-refractivity contribution in [3.05, 3.63) is 66.5 Å². The third-order valence-corrected chi connectivity index (χ3v) is 5.39. The van der Waals surface area contributed by atoms with E-state index in [0.717, 1.165) is 39.9 Å². The Balaban J connectivity index is 1.81. The van der Waals surface area contributed by atoms with Gasteiger partial charge in [-0.2, -0.15) is 0 Å². The number of fused-ring (bicyclic) bond motifs is 1. The number of carbonyl (C=O) groups excluding carboxylic acids is 1. The summed E-state index contributed by atoms with van der Waals surface area (Å²) < 4.78 is 6.57. The highest BCUT2D eigenvalue weighted by atomic mass is 79.9. The molecule has 1 aromatic heterocycles. The Hall–Kier alpha value is -1.92. The van der Waals surface area contributed by atoms with Crippen LogP contribution in [0, 0.1) is 19.8 Å². The van der Waals surface area contributed by atoms with Gasteiger partial charge in [0, 0.05) is 34.4 Å². The van der Waals surface area contributed by atoms with Crippen molar-refractivity contribution in [2.24, 2.45) is 5.92 Å². The lowest BCUT2D eigenvalue weighted by atomic mass is 9.96. The highest BCUT2D eigenvalue weighted by Gasteiger charge is 2.19. The first-order chi connectivity index (χ1) is 12.3. The molecule has 0 saturated carbocycles. The number of hydrogen-bond donors (Lipinski definition) is 2. The average Bonchev–Trinajstić information content (AvgIpc) is 2.74. The first kappa shape index (κ1) is 18.9. The van der Waals surface area contributed by atoms with Gasteiger partial charge in [-0.3, -0.25) is 9.59 Å². The van der Waals surface area contributed by atoms with Crippen LogP contribution in [-0.2, 0) is 24.3 Å². The van der Waals surface area contributed by atoms with Crippen LogP contribution in [0.3, 0.4) is 0 Å². The van der Waals surface area contributed by atoms with E-state index in [2.05, 4.69) is 33.2 Å². The Morgan fingerprint density at radius 2 is 2.12 bits per heavy atom. The lowest BCUT2D eigenvalue weighted by Gasteiger charge is -2.13. The summed E-state index contributed by atoms with van der Waals surface area (Å²) in [6, 6.07) is 5.66. The van der Waals surface area contributed by atoms with E-state index in [-0.39, 0.29) is 18.0 Å². The van der Waals surface area contributed by atoms with E-state index >= 15 is 0 Å². The summed E-state index contributed by atoms with van der Waals surface area (Å²) in [7, 11) is 0. The molecule has 1 unspecified atom stereocenters. The zero-order chi connectivity index (χ0) is 18.8. The van der Waals surface area contributed by atoms with Gasteiger partial charge in [-0.1, -0.05) is 22.9 Å². The Morgan fingerprint density at radius 1 is 1.35 bits per heavy atom. The monoisotopic (exact) mass is 418 g/mol. The topological polar surface area (TPSA) is 71.2 Å². The normalized spacial score (nSPS) is 16.7. The molecule has 6 heteroatoms. The molecule has 2 heterocycles. The quantitative estimate of drug-likeness (QED) is 0.801. The van der Waals surface area contributed by atoms with E-state index in [0.29, 0.717) is 23.7 Å². The van der Waals surface area contributed by atoms with Gasteiger partial charge in [0.1, 0.15) is 0 Å². The van der Waals surface area contributed by atoms with Crippen LogP contribution in [0.2, 0.25) is 0 Å². The fourth-order valence-corrected chi connectivity index (χ4v) is 3.95. The molecule has 1 atom stereocenters. The predicted molar refractivity (Wildman–Crippen MR) is 104 cm³/mol. The summed E-state index contributed by atoms with van der Waals surface area (Å²) in [5.74, 6) is 0.223. The van der Waals surface area contributed by atoms with Crippen LogP contribution in [0.25, 0.3) is 0 Å². The largest absolute Gasteiger partial charge is 0.376 e. The van der Waals surface area contributed by atoms with E-state index in [1.54, 1.807) is 0 Å². The molecule has 2 aromatic rings. The number of aryl methyl sites for hydroxylation is 2. The molecule has 2 N–H and O–H groups in total. The van der Waals surface area contributed by atoms with Crippen molar-refractivity contribution in [3.8, 4) is 0 Å². The number of nitrogens with one attached hydrogen (secondary N) is 2. The molecule has 138 valence electrons. The van der Waals surface area contributed by atoms with Crippen molar-refractivity contribution >= 4 is 21.8 Å². The number of aromatic nitrogens is 1. The van der Waals surface area contributed by atoms with Crippen molar-refractivity contribution in [2.45, 2.75) is 40.3 Å². The van der Waals surface area contributed by atoms with Crippen LogP contribution in [-0.4, -0.2) is 17.5 Å². The molecule has 1 amide bonds. The number of pyridine rings is 1. The first-order valence-corrected chi connectivity index (χ1v) is 9.51. The number of rotatable bonds is 3. The lowest BCUT2D eigenvalue weighted by molar-refractivity contribution is 0.0950. The van der Waals surface area contributed by atoms with Crippen LogP contribution < -0.4 is 10.9 Å². The van der Waals surface area contributed by atoms with Crippen LogP contribution in [0.15, 0.2) is 27.5 Å². The van der Waals surface area contributed by atoms with Gasteiger partial charge in [0.25, 0.3) is 11.5 Å². The molecule has 0 aliphatic carbocycles. The van der Waals surface area contributed by atoms with Gasteiger partial charge in [-0.25, -0.2) is 0 Å². The van der Waals surface area contributed by atoms with Crippen LogP contribution in [0.4, 0.5) is 0 Å². The van der Waals surface area contributed by atoms with Crippen molar-refractivity contribution in [3.63, 3.8) is 0 Å². The Labute approximate surface area is 161 Å². The number of benzene rings is 1. The van der Waals surface area contributed by atoms with Crippen LogP contribution in [0.5, 0.6) is 0 Å². The summed E-state index contributed by atoms with van der Waals surface area (Å²) in [5, 5.41) is 2.87. The van der Waals surface area contributed by atoms with Gasteiger partial charge in [0.2, 0.25) is 0 Å². The fourth-order valence-electron chi connectivity index (χ4n) is 3.34. The van der Waals surface area contributed by atoms with E-state index in [4.69, 9.17) is 4.74 Å². The number of carbonyl (C=O) groups is 1. The molecule has 0 fully saturated rings. The molecule has 26 heavy (non-hydrogen) atoms. The van der Waals surface area contributed by atoms with Crippen molar-refractivity contribution in [1.82, 2.24) is 10.3 Å². The maximum Gasteiger partial charge on any atom is 0.253 e. The van der Waals surface area contributed by atoms with Crippen LogP contribution in [0.1, 0.15) is 45.2 Å². The number of ether oxygens (including phenoxy) is 1. The molecule has 5 nitrogen and oxygen atoms in total. The highest BCUT2D eigenvalue weighted by molar-refractivity contribution is 9.10. The van der Waals surface area contributed by atoms with Gasteiger partial charge in [-0.05, 0) is 61.1 Å². The molecule has 0 radical (unpaired) electrons. The van der Waals surface area contributed by atoms with Crippen molar-refractivity contribution in [1.29, 1.82) is 0 Å². The molecule has 3 rings (SSSR count). The molecule has 1 aliphatic heterocycles. The summed E-state index contributed by atoms with van der Waals surface area (Å²) in [6.45, 7) is 7.34. The predicted octanol–water partition coefficient (Wildman–Crippen LogP) is 3.39. The number of amides is 1. The third-order valence-electron chi connectivity index (χ3n) is 4.69. The third kappa shape index (κ3) is 4.07. The molecule has 0 saturated heterocycles. The molecule has 0 bridgehead atoms. The molecule has 0 spiro atoms. The second-order valence-electron chi connectivity index (χ2n) is 7.05. The van der Waals surface area contributed by atoms with Crippen molar-refractivity contribution in [2.75, 3.05) is 6.61 Å². The molecular formula is C20H23BrN2O3.